The van der Waals surface area contributed by atoms with Crippen LogP contribution in [0, 0.1) is 0 Å². The molecule has 2 rings (SSSR count). The molecule has 4 N–H and O–H groups in total. The van der Waals surface area contributed by atoms with E-state index in [1.54, 1.807) is 12.1 Å². The summed E-state index contributed by atoms with van der Waals surface area (Å²) in [5, 5.41) is 7.98. The van der Waals surface area contributed by atoms with Crippen LogP contribution in [0.25, 0.3) is 0 Å². The fourth-order valence-electron chi connectivity index (χ4n) is 2.63. The number of nitrogens with zero attached hydrogens (tertiary/aromatic N) is 3. The Hall–Kier alpha value is -1.69. The number of primary amides is 1. The van der Waals surface area contributed by atoms with Gasteiger partial charge in [-0.1, -0.05) is 19.3 Å². The molecule has 1 aliphatic rings. The van der Waals surface area contributed by atoms with Gasteiger partial charge in [-0.2, -0.15) is 0 Å². The van der Waals surface area contributed by atoms with Crippen molar-refractivity contribution < 1.29 is 4.79 Å². The summed E-state index contributed by atoms with van der Waals surface area (Å²) in [7, 11) is 0. The van der Waals surface area contributed by atoms with E-state index in [4.69, 9.17) is 11.5 Å². The lowest BCUT2D eigenvalue weighted by Crippen LogP contribution is -2.40. The van der Waals surface area contributed by atoms with Crippen molar-refractivity contribution in [2.24, 2.45) is 11.5 Å². The normalized spacial score (nSPS) is 16.3. The minimum absolute atomic E-state index is 0.195. The first-order valence-electron chi connectivity index (χ1n) is 6.82. The van der Waals surface area contributed by atoms with Crippen molar-refractivity contribution in [3.8, 4) is 0 Å². The Kier molecular flexibility index (Phi) is 4.68. The van der Waals surface area contributed by atoms with Crippen LogP contribution in [-0.2, 0) is 0 Å². The summed E-state index contributed by atoms with van der Waals surface area (Å²) in [6.07, 6.45) is 6.13. The number of aromatic nitrogens is 2. The molecule has 0 radical (unpaired) electrons. The maximum atomic E-state index is 11.0. The third-order valence-corrected chi connectivity index (χ3v) is 3.58. The van der Waals surface area contributed by atoms with Crippen molar-refractivity contribution in [1.29, 1.82) is 0 Å². The predicted octanol–water partition coefficient (Wildman–Crippen LogP) is 0.673. The predicted molar refractivity (Wildman–Crippen MR) is 73.8 cm³/mol. The third-order valence-electron chi connectivity index (χ3n) is 3.58. The van der Waals surface area contributed by atoms with Crippen molar-refractivity contribution in [2.75, 3.05) is 18.0 Å². The van der Waals surface area contributed by atoms with Gasteiger partial charge in [0.2, 0.25) is 0 Å². The third kappa shape index (κ3) is 3.41. The largest absolute Gasteiger partial charge is 0.364 e. The Labute approximate surface area is 113 Å². The van der Waals surface area contributed by atoms with Crippen molar-refractivity contribution in [1.82, 2.24) is 10.2 Å². The summed E-state index contributed by atoms with van der Waals surface area (Å²) in [5.74, 6) is 0.226. The first-order chi connectivity index (χ1) is 9.22. The van der Waals surface area contributed by atoms with Crippen molar-refractivity contribution >= 4 is 11.7 Å². The van der Waals surface area contributed by atoms with Gasteiger partial charge < -0.3 is 16.4 Å². The van der Waals surface area contributed by atoms with Gasteiger partial charge in [0.05, 0.1) is 0 Å². The zero-order valence-electron chi connectivity index (χ0n) is 11.1. The number of rotatable bonds is 5. The molecule has 0 spiro atoms. The summed E-state index contributed by atoms with van der Waals surface area (Å²) >= 11 is 0. The van der Waals surface area contributed by atoms with E-state index in [2.05, 4.69) is 15.1 Å². The van der Waals surface area contributed by atoms with E-state index < -0.39 is 5.91 Å². The molecule has 0 aromatic carbocycles. The van der Waals surface area contributed by atoms with Crippen LogP contribution in [0.5, 0.6) is 0 Å². The molecule has 0 unspecified atom stereocenters. The van der Waals surface area contributed by atoms with Gasteiger partial charge in [-0.05, 0) is 25.0 Å². The monoisotopic (exact) mass is 263 g/mol. The molecule has 0 atom stereocenters. The molecule has 6 heteroatoms. The summed E-state index contributed by atoms with van der Waals surface area (Å²) in [5.41, 5.74) is 11.0. The Bertz CT molecular complexity index is 414. The number of hydrogen-bond donors (Lipinski definition) is 2. The molecule has 1 aliphatic carbocycles. The molecule has 1 fully saturated rings. The zero-order valence-corrected chi connectivity index (χ0v) is 11.1. The SMILES string of the molecule is NCCN(c1ccc(C(N)=O)nn1)C1CCCCC1. The Morgan fingerprint density at radius 2 is 2.00 bits per heavy atom. The molecule has 0 saturated heterocycles. The highest BCUT2D eigenvalue weighted by molar-refractivity contribution is 5.90. The molecule has 6 nitrogen and oxygen atoms in total. The average Bonchev–Trinajstić information content (AvgIpc) is 2.46. The summed E-state index contributed by atoms with van der Waals surface area (Å²) in [4.78, 5) is 13.2. The molecule has 0 bridgehead atoms. The number of hydrogen-bond acceptors (Lipinski definition) is 5. The van der Waals surface area contributed by atoms with Gasteiger partial charge in [0.15, 0.2) is 11.5 Å². The lowest BCUT2D eigenvalue weighted by molar-refractivity contribution is 0.0994. The minimum Gasteiger partial charge on any atom is -0.364 e. The lowest BCUT2D eigenvalue weighted by Gasteiger charge is -2.34. The second kappa shape index (κ2) is 6.47. The van der Waals surface area contributed by atoms with Crippen LogP contribution < -0.4 is 16.4 Å². The highest BCUT2D eigenvalue weighted by Gasteiger charge is 2.22. The van der Waals surface area contributed by atoms with Crippen molar-refractivity contribution in [3.63, 3.8) is 0 Å². The van der Waals surface area contributed by atoms with E-state index in [9.17, 15) is 4.79 Å². The molecule has 1 aromatic heterocycles. The van der Waals surface area contributed by atoms with Crippen LogP contribution in [0.4, 0.5) is 5.82 Å². The molecule has 1 amide bonds. The molecule has 1 heterocycles. The second-order valence-corrected chi connectivity index (χ2v) is 4.91. The number of carbonyl (C=O) groups excluding carboxylic acids is 1. The Morgan fingerprint density at radius 3 is 2.53 bits per heavy atom. The van der Waals surface area contributed by atoms with E-state index in [-0.39, 0.29) is 5.69 Å². The van der Waals surface area contributed by atoms with Gasteiger partial charge in [-0.3, -0.25) is 4.79 Å². The van der Waals surface area contributed by atoms with Crippen LogP contribution in [0.3, 0.4) is 0 Å². The van der Waals surface area contributed by atoms with Crippen LogP contribution in [0.15, 0.2) is 12.1 Å². The standard InChI is InChI=1S/C13H21N5O/c14-8-9-18(10-4-2-1-3-5-10)12-7-6-11(13(15)19)16-17-12/h6-7,10H,1-5,8-9,14H2,(H2,15,19). The Balaban J connectivity index is 2.15. The van der Waals surface area contributed by atoms with Crippen LogP contribution in [0.2, 0.25) is 0 Å². The van der Waals surface area contributed by atoms with E-state index in [0.717, 1.165) is 12.4 Å². The molecular weight excluding hydrogens is 242 g/mol. The molecule has 1 saturated carbocycles. The minimum atomic E-state index is -0.554. The molecule has 19 heavy (non-hydrogen) atoms. The van der Waals surface area contributed by atoms with Crippen LogP contribution >= 0.6 is 0 Å². The number of amides is 1. The van der Waals surface area contributed by atoms with Gasteiger partial charge in [0.25, 0.3) is 5.91 Å². The van der Waals surface area contributed by atoms with E-state index >= 15 is 0 Å². The van der Waals surface area contributed by atoms with E-state index in [1.165, 1.54) is 32.1 Å². The molecule has 1 aromatic rings. The summed E-state index contributed by atoms with van der Waals surface area (Å²) in [6, 6.07) is 3.90. The number of nitrogens with two attached hydrogens (primary N) is 2. The number of anilines is 1. The fourth-order valence-corrected chi connectivity index (χ4v) is 2.63. The van der Waals surface area contributed by atoms with Gasteiger partial charge in [-0.25, -0.2) is 0 Å². The highest BCUT2D eigenvalue weighted by Crippen LogP contribution is 2.25. The quantitative estimate of drug-likeness (QED) is 0.813. The highest BCUT2D eigenvalue weighted by atomic mass is 16.1. The van der Waals surface area contributed by atoms with Gasteiger partial charge in [0.1, 0.15) is 0 Å². The van der Waals surface area contributed by atoms with Crippen LogP contribution in [-0.4, -0.2) is 35.2 Å². The van der Waals surface area contributed by atoms with Crippen LogP contribution in [0.1, 0.15) is 42.6 Å². The number of carbonyl (C=O) groups is 1. The van der Waals surface area contributed by atoms with E-state index in [1.807, 2.05) is 0 Å². The summed E-state index contributed by atoms with van der Waals surface area (Å²) in [6.45, 7) is 1.34. The van der Waals surface area contributed by atoms with Gasteiger partial charge in [0, 0.05) is 19.1 Å². The average molecular weight is 263 g/mol. The molecule has 0 aliphatic heterocycles. The van der Waals surface area contributed by atoms with Crippen molar-refractivity contribution in [2.45, 2.75) is 38.1 Å². The smallest absolute Gasteiger partial charge is 0.269 e. The Morgan fingerprint density at radius 1 is 1.26 bits per heavy atom. The summed E-state index contributed by atoms with van der Waals surface area (Å²) < 4.78 is 0. The fraction of sp³-hybridized carbons (Fsp3) is 0.615. The lowest BCUT2D eigenvalue weighted by atomic mass is 9.94. The van der Waals surface area contributed by atoms with Gasteiger partial charge >= 0.3 is 0 Å². The van der Waals surface area contributed by atoms with Crippen molar-refractivity contribution in [3.05, 3.63) is 17.8 Å². The second-order valence-electron chi connectivity index (χ2n) is 4.91. The topological polar surface area (TPSA) is 98.1 Å². The maximum absolute atomic E-state index is 11.0. The molecular formula is C13H21N5O. The first-order valence-corrected chi connectivity index (χ1v) is 6.82. The maximum Gasteiger partial charge on any atom is 0.269 e. The van der Waals surface area contributed by atoms with E-state index in [0.29, 0.717) is 12.6 Å². The first kappa shape index (κ1) is 13.7. The van der Waals surface area contributed by atoms with Gasteiger partial charge in [-0.15, -0.1) is 10.2 Å². The molecule has 104 valence electrons. The zero-order chi connectivity index (χ0) is 13.7.